The molecule has 1 fully saturated rings. The number of aromatic nitrogens is 2. The SMILES string of the molecule is CC(C)(C)OC(=O)NCC1CCCCC1NCc1cnccn1. The third-order valence-corrected chi connectivity index (χ3v) is 3.98. The summed E-state index contributed by atoms with van der Waals surface area (Å²) in [7, 11) is 0. The number of nitrogens with one attached hydrogen (secondary N) is 2. The van der Waals surface area contributed by atoms with Gasteiger partial charge in [0.25, 0.3) is 0 Å². The number of hydrogen-bond donors (Lipinski definition) is 2. The minimum absolute atomic E-state index is 0.337. The molecule has 1 aromatic heterocycles. The summed E-state index contributed by atoms with van der Waals surface area (Å²) in [6, 6.07) is 0.390. The number of ether oxygens (including phenoxy) is 1. The van der Waals surface area contributed by atoms with E-state index in [1.54, 1.807) is 18.6 Å². The average Bonchev–Trinajstić information content (AvgIpc) is 2.51. The van der Waals surface area contributed by atoms with Crippen LogP contribution in [0.15, 0.2) is 18.6 Å². The monoisotopic (exact) mass is 320 g/mol. The fourth-order valence-corrected chi connectivity index (χ4v) is 2.91. The van der Waals surface area contributed by atoms with Gasteiger partial charge in [0, 0.05) is 37.7 Å². The summed E-state index contributed by atoms with van der Waals surface area (Å²) in [4.78, 5) is 20.2. The molecule has 6 nitrogen and oxygen atoms in total. The highest BCUT2D eigenvalue weighted by atomic mass is 16.6. The van der Waals surface area contributed by atoms with Crippen molar-refractivity contribution in [2.45, 2.75) is 64.6 Å². The van der Waals surface area contributed by atoms with Gasteiger partial charge < -0.3 is 15.4 Å². The lowest BCUT2D eigenvalue weighted by Crippen LogP contribution is -2.44. The summed E-state index contributed by atoms with van der Waals surface area (Å²) in [6.07, 6.45) is 9.51. The Bertz CT molecular complexity index is 487. The quantitative estimate of drug-likeness (QED) is 0.872. The molecule has 2 atom stereocenters. The van der Waals surface area contributed by atoms with Crippen LogP contribution in [0.3, 0.4) is 0 Å². The Morgan fingerprint density at radius 1 is 1.30 bits per heavy atom. The smallest absolute Gasteiger partial charge is 0.407 e. The first-order chi connectivity index (χ1) is 10.9. The summed E-state index contributed by atoms with van der Waals surface area (Å²) in [5.74, 6) is 0.424. The molecule has 0 saturated heterocycles. The number of amides is 1. The highest BCUT2D eigenvalue weighted by Crippen LogP contribution is 2.24. The Kier molecular flexibility index (Phi) is 6.33. The van der Waals surface area contributed by atoms with Crippen molar-refractivity contribution in [1.82, 2.24) is 20.6 Å². The van der Waals surface area contributed by atoms with E-state index in [1.165, 1.54) is 12.8 Å². The highest BCUT2D eigenvalue weighted by molar-refractivity contribution is 5.67. The molecular weight excluding hydrogens is 292 g/mol. The van der Waals surface area contributed by atoms with Gasteiger partial charge in [-0.25, -0.2) is 4.79 Å². The van der Waals surface area contributed by atoms with Gasteiger partial charge in [0.05, 0.1) is 5.69 Å². The molecular formula is C17H28N4O2. The van der Waals surface area contributed by atoms with E-state index < -0.39 is 5.60 Å². The summed E-state index contributed by atoms with van der Waals surface area (Å²) >= 11 is 0. The Morgan fingerprint density at radius 3 is 2.78 bits per heavy atom. The standard InChI is InChI=1S/C17H28N4O2/c1-17(2,3)23-16(22)21-10-13-6-4-5-7-15(13)20-12-14-11-18-8-9-19-14/h8-9,11,13,15,20H,4-7,10,12H2,1-3H3,(H,21,22). The summed E-state index contributed by atoms with van der Waals surface area (Å²) < 4.78 is 5.30. The zero-order valence-electron chi connectivity index (χ0n) is 14.3. The van der Waals surface area contributed by atoms with Crippen molar-refractivity contribution in [3.05, 3.63) is 24.3 Å². The molecule has 2 unspecified atom stereocenters. The molecule has 0 aliphatic heterocycles. The van der Waals surface area contributed by atoms with Gasteiger partial charge in [0.15, 0.2) is 0 Å². The molecule has 1 amide bonds. The minimum Gasteiger partial charge on any atom is -0.444 e. The van der Waals surface area contributed by atoms with Crippen LogP contribution in [-0.2, 0) is 11.3 Å². The lowest BCUT2D eigenvalue weighted by molar-refractivity contribution is 0.0510. The van der Waals surface area contributed by atoms with Gasteiger partial charge in [-0.1, -0.05) is 12.8 Å². The van der Waals surface area contributed by atoms with Crippen LogP contribution in [0.1, 0.15) is 52.1 Å². The van der Waals surface area contributed by atoms with E-state index in [2.05, 4.69) is 20.6 Å². The third kappa shape index (κ3) is 6.52. The molecule has 1 saturated carbocycles. The molecule has 1 aliphatic carbocycles. The molecule has 1 aliphatic rings. The van der Waals surface area contributed by atoms with Crippen molar-refractivity contribution in [1.29, 1.82) is 0 Å². The maximum atomic E-state index is 11.8. The zero-order valence-corrected chi connectivity index (χ0v) is 14.3. The number of carbonyl (C=O) groups is 1. The molecule has 128 valence electrons. The van der Waals surface area contributed by atoms with Crippen LogP contribution in [0, 0.1) is 5.92 Å². The van der Waals surface area contributed by atoms with Gasteiger partial charge in [-0.05, 0) is 39.5 Å². The van der Waals surface area contributed by atoms with E-state index in [4.69, 9.17) is 4.74 Å². The first-order valence-corrected chi connectivity index (χ1v) is 8.39. The second kappa shape index (κ2) is 8.24. The van der Waals surface area contributed by atoms with Crippen LogP contribution >= 0.6 is 0 Å². The average molecular weight is 320 g/mol. The van der Waals surface area contributed by atoms with Gasteiger partial charge in [-0.2, -0.15) is 0 Å². The largest absolute Gasteiger partial charge is 0.444 e. The molecule has 6 heteroatoms. The van der Waals surface area contributed by atoms with Gasteiger partial charge in [-0.3, -0.25) is 9.97 Å². The van der Waals surface area contributed by atoms with Crippen molar-refractivity contribution in [3.63, 3.8) is 0 Å². The Morgan fingerprint density at radius 2 is 2.09 bits per heavy atom. The molecule has 2 N–H and O–H groups in total. The van der Waals surface area contributed by atoms with Gasteiger partial charge in [-0.15, -0.1) is 0 Å². The lowest BCUT2D eigenvalue weighted by atomic mass is 9.84. The van der Waals surface area contributed by atoms with Crippen LogP contribution in [0.4, 0.5) is 4.79 Å². The van der Waals surface area contributed by atoms with Crippen LogP contribution in [0.25, 0.3) is 0 Å². The van der Waals surface area contributed by atoms with E-state index in [-0.39, 0.29) is 6.09 Å². The predicted octanol–water partition coefficient (Wildman–Crippen LogP) is 2.65. The normalized spacial score (nSPS) is 21.7. The van der Waals surface area contributed by atoms with E-state index in [1.807, 2.05) is 20.8 Å². The summed E-state index contributed by atoms with van der Waals surface area (Å²) in [6.45, 7) is 6.98. The molecule has 1 aromatic rings. The maximum Gasteiger partial charge on any atom is 0.407 e. The third-order valence-electron chi connectivity index (χ3n) is 3.98. The minimum atomic E-state index is -0.458. The number of alkyl carbamates (subject to hydrolysis) is 1. The fourth-order valence-electron chi connectivity index (χ4n) is 2.91. The first-order valence-electron chi connectivity index (χ1n) is 8.39. The van der Waals surface area contributed by atoms with E-state index >= 15 is 0 Å². The predicted molar refractivity (Wildman–Crippen MR) is 88.9 cm³/mol. The molecule has 2 rings (SSSR count). The summed E-state index contributed by atoms with van der Waals surface area (Å²) in [5, 5.41) is 6.47. The highest BCUT2D eigenvalue weighted by Gasteiger charge is 2.26. The van der Waals surface area contributed by atoms with Crippen molar-refractivity contribution in [3.8, 4) is 0 Å². The molecule has 0 bridgehead atoms. The lowest BCUT2D eigenvalue weighted by Gasteiger charge is -2.32. The first kappa shape index (κ1) is 17.7. The maximum absolute atomic E-state index is 11.8. The van der Waals surface area contributed by atoms with E-state index in [9.17, 15) is 4.79 Å². The zero-order chi connectivity index (χ0) is 16.7. The van der Waals surface area contributed by atoms with Crippen LogP contribution in [0.5, 0.6) is 0 Å². The molecule has 23 heavy (non-hydrogen) atoms. The van der Waals surface area contributed by atoms with Crippen LogP contribution < -0.4 is 10.6 Å². The van der Waals surface area contributed by atoms with Gasteiger partial charge in [0.1, 0.15) is 5.60 Å². The van der Waals surface area contributed by atoms with Crippen molar-refractivity contribution >= 4 is 6.09 Å². The Labute approximate surface area is 138 Å². The molecule has 0 spiro atoms. The Balaban J connectivity index is 1.80. The fraction of sp³-hybridized carbons (Fsp3) is 0.706. The number of rotatable bonds is 5. The van der Waals surface area contributed by atoms with Crippen molar-refractivity contribution in [2.24, 2.45) is 5.92 Å². The van der Waals surface area contributed by atoms with Crippen molar-refractivity contribution in [2.75, 3.05) is 6.54 Å². The van der Waals surface area contributed by atoms with Gasteiger partial charge in [0.2, 0.25) is 0 Å². The number of carbonyl (C=O) groups excluding carboxylic acids is 1. The van der Waals surface area contributed by atoms with Gasteiger partial charge >= 0.3 is 6.09 Å². The number of nitrogens with zero attached hydrogens (tertiary/aromatic N) is 2. The topological polar surface area (TPSA) is 76.1 Å². The Hall–Kier alpha value is -1.69. The van der Waals surface area contributed by atoms with Crippen molar-refractivity contribution < 1.29 is 9.53 Å². The van der Waals surface area contributed by atoms with E-state index in [0.717, 1.165) is 18.5 Å². The van der Waals surface area contributed by atoms with Crippen LogP contribution in [-0.4, -0.2) is 34.2 Å². The number of hydrogen-bond acceptors (Lipinski definition) is 5. The van der Waals surface area contributed by atoms with E-state index in [0.29, 0.717) is 25.0 Å². The second-order valence-electron chi connectivity index (χ2n) is 7.11. The molecule has 0 radical (unpaired) electrons. The summed E-state index contributed by atoms with van der Waals surface area (Å²) in [5.41, 5.74) is 0.484. The second-order valence-corrected chi connectivity index (χ2v) is 7.11. The van der Waals surface area contributed by atoms with Crippen LogP contribution in [0.2, 0.25) is 0 Å². The molecule has 1 heterocycles. The molecule has 0 aromatic carbocycles.